The Labute approximate surface area is 174 Å². The average molecular weight is 406 g/mol. The van der Waals surface area contributed by atoms with E-state index in [4.69, 9.17) is 26.2 Å². The molecule has 2 heterocycles. The third-order valence-corrected chi connectivity index (χ3v) is 4.62. The number of aliphatic imine (C=N–C) groups is 1. The van der Waals surface area contributed by atoms with Crippen LogP contribution in [-0.2, 0) is 0 Å². The van der Waals surface area contributed by atoms with Crippen LogP contribution in [-0.4, -0.2) is 24.7 Å². The molecule has 1 unspecified atom stereocenters. The number of nitrogens with two attached hydrogens (primary N) is 2. The molecule has 10 nitrogen and oxygen atoms in total. The van der Waals surface area contributed by atoms with Gasteiger partial charge in [-0.3, -0.25) is 5.32 Å². The molecule has 2 aromatic rings. The van der Waals surface area contributed by atoms with Gasteiger partial charge in [0.05, 0.1) is 19.4 Å². The highest BCUT2D eigenvalue weighted by Crippen LogP contribution is 2.42. The number of benzene rings is 1. The Balaban J connectivity index is 2.14. The molecule has 0 aliphatic carbocycles. The minimum absolute atomic E-state index is 0.00322. The summed E-state index contributed by atoms with van der Waals surface area (Å²) < 4.78 is 11.3. The van der Waals surface area contributed by atoms with Gasteiger partial charge in [0.2, 0.25) is 5.96 Å². The number of nitrogen functional groups attached to an aromatic ring is 2. The zero-order chi connectivity index (χ0) is 21.7. The fourth-order valence-corrected chi connectivity index (χ4v) is 3.12. The van der Waals surface area contributed by atoms with E-state index in [0.29, 0.717) is 29.5 Å². The summed E-state index contributed by atoms with van der Waals surface area (Å²) in [5.41, 5.74) is 13.6. The predicted molar refractivity (Wildman–Crippen MR) is 113 cm³/mol. The Morgan fingerprint density at radius 2 is 2.07 bits per heavy atom. The Morgan fingerprint density at radius 1 is 1.27 bits per heavy atom. The van der Waals surface area contributed by atoms with Gasteiger partial charge in [-0.15, -0.1) is 0 Å². The number of nitrogens with one attached hydrogen (secondary N) is 2. The van der Waals surface area contributed by atoms with Gasteiger partial charge in [0.25, 0.3) is 0 Å². The summed E-state index contributed by atoms with van der Waals surface area (Å²) in [5, 5.41) is 23.8. The minimum Gasteiger partial charge on any atom is -0.493 e. The predicted octanol–water partition coefficient (Wildman–Crippen LogP) is 2.25. The normalized spacial score (nSPS) is 14.4. The van der Waals surface area contributed by atoms with Crippen LogP contribution in [0.5, 0.6) is 11.5 Å². The third kappa shape index (κ3) is 3.84. The van der Waals surface area contributed by atoms with Crippen molar-refractivity contribution in [1.29, 1.82) is 10.5 Å². The van der Waals surface area contributed by atoms with Gasteiger partial charge in [0.15, 0.2) is 17.7 Å². The maximum Gasteiger partial charge on any atom is 0.211 e. The SMILES string of the molecule is CCCCOc1cc(C2N=C(NC#N)Nc3nc(N)c(C#N)c(N)c32)ccc1OC. The van der Waals surface area contributed by atoms with Crippen molar-refractivity contribution in [3.05, 3.63) is 34.9 Å². The molecule has 10 heteroatoms. The quantitative estimate of drug-likeness (QED) is 0.319. The van der Waals surface area contributed by atoms with Gasteiger partial charge < -0.3 is 26.3 Å². The maximum absolute atomic E-state index is 9.43. The van der Waals surface area contributed by atoms with Crippen LogP contribution >= 0.6 is 0 Å². The highest BCUT2D eigenvalue weighted by molar-refractivity contribution is 5.98. The average Bonchev–Trinajstić information content (AvgIpc) is 2.73. The van der Waals surface area contributed by atoms with Gasteiger partial charge in [0.1, 0.15) is 29.3 Å². The van der Waals surface area contributed by atoms with Crippen molar-refractivity contribution in [3.63, 3.8) is 0 Å². The Hall–Kier alpha value is -4.18. The third-order valence-electron chi connectivity index (χ3n) is 4.62. The van der Waals surface area contributed by atoms with Gasteiger partial charge in [-0.2, -0.15) is 10.5 Å². The largest absolute Gasteiger partial charge is 0.493 e. The van der Waals surface area contributed by atoms with E-state index in [1.54, 1.807) is 13.2 Å². The number of pyridine rings is 1. The summed E-state index contributed by atoms with van der Waals surface area (Å²) in [5.74, 6) is 1.67. The summed E-state index contributed by atoms with van der Waals surface area (Å²) >= 11 is 0. The number of hydrogen-bond donors (Lipinski definition) is 4. The molecule has 154 valence electrons. The van der Waals surface area contributed by atoms with Crippen molar-refractivity contribution < 1.29 is 9.47 Å². The van der Waals surface area contributed by atoms with E-state index in [1.165, 1.54) is 0 Å². The van der Waals surface area contributed by atoms with Crippen molar-refractivity contribution in [3.8, 4) is 23.8 Å². The van der Waals surface area contributed by atoms with Gasteiger partial charge in [0, 0.05) is 5.56 Å². The van der Waals surface area contributed by atoms with Crippen molar-refractivity contribution in [2.24, 2.45) is 4.99 Å². The molecule has 1 atom stereocenters. The molecule has 0 radical (unpaired) electrons. The summed E-state index contributed by atoms with van der Waals surface area (Å²) in [4.78, 5) is 8.80. The van der Waals surface area contributed by atoms with Crippen molar-refractivity contribution in [2.75, 3.05) is 30.5 Å². The van der Waals surface area contributed by atoms with Gasteiger partial charge >= 0.3 is 0 Å². The number of rotatable bonds is 6. The number of nitrogens with zero attached hydrogens (tertiary/aromatic N) is 4. The Morgan fingerprint density at radius 3 is 2.73 bits per heavy atom. The fraction of sp³-hybridized carbons (Fsp3) is 0.300. The zero-order valence-electron chi connectivity index (χ0n) is 16.7. The molecule has 0 bridgehead atoms. The fourth-order valence-electron chi connectivity index (χ4n) is 3.12. The Bertz CT molecular complexity index is 1070. The lowest BCUT2D eigenvalue weighted by Crippen LogP contribution is -2.32. The number of unbranched alkanes of at least 4 members (excludes halogenated alkanes) is 1. The molecule has 0 spiro atoms. The summed E-state index contributed by atoms with van der Waals surface area (Å²) in [7, 11) is 1.57. The molecule has 3 rings (SSSR count). The molecule has 0 saturated heterocycles. The smallest absolute Gasteiger partial charge is 0.211 e. The number of anilines is 3. The number of hydrogen-bond acceptors (Lipinski definition) is 10. The summed E-state index contributed by atoms with van der Waals surface area (Å²) in [6, 6.07) is 6.75. The molecule has 1 aromatic carbocycles. The first kappa shape index (κ1) is 20.6. The van der Waals surface area contributed by atoms with E-state index >= 15 is 0 Å². The second-order valence-electron chi connectivity index (χ2n) is 6.51. The van der Waals surface area contributed by atoms with E-state index in [2.05, 4.69) is 27.5 Å². The molecule has 30 heavy (non-hydrogen) atoms. The molecule has 0 fully saturated rings. The van der Waals surface area contributed by atoms with Crippen LogP contribution < -0.4 is 31.6 Å². The van der Waals surface area contributed by atoms with E-state index in [0.717, 1.165) is 18.4 Å². The molecule has 1 aliphatic rings. The lowest BCUT2D eigenvalue weighted by atomic mass is 9.95. The van der Waals surface area contributed by atoms with Crippen LogP contribution in [0.1, 0.15) is 42.5 Å². The first-order chi connectivity index (χ1) is 14.5. The number of ether oxygens (including phenoxy) is 2. The second-order valence-corrected chi connectivity index (χ2v) is 6.51. The second kappa shape index (κ2) is 8.88. The van der Waals surface area contributed by atoms with Crippen LogP contribution in [0.15, 0.2) is 23.2 Å². The molecule has 0 amide bonds. The number of nitriles is 2. The van der Waals surface area contributed by atoms with Crippen molar-refractivity contribution in [2.45, 2.75) is 25.8 Å². The highest BCUT2D eigenvalue weighted by Gasteiger charge is 2.30. The first-order valence-electron chi connectivity index (χ1n) is 9.33. The van der Waals surface area contributed by atoms with Crippen LogP contribution in [0.2, 0.25) is 0 Å². The minimum atomic E-state index is -0.642. The molecule has 1 aromatic heterocycles. The molecule has 6 N–H and O–H groups in total. The van der Waals surface area contributed by atoms with E-state index in [-0.39, 0.29) is 23.0 Å². The topological polar surface area (TPSA) is 167 Å². The molecular weight excluding hydrogens is 384 g/mol. The highest BCUT2D eigenvalue weighted by atomic mass is 16.5. The first-order valence-corrected chi connectivity index (χ1v) is 9.33. The lowest BCUT2D eigenvalue weighted by molar-refractivity contribution is 0.288. The van der Waals surface area contributed by atoms with Gasteiger partial charge in [-0.05, 0) is 24.1 Å². The molecule has 1 aliphatic heterocycles. The number of guanidine groups is 1. The van der Waals surface area contributed by atoms with E-state index < -0.39 is 6.04 Å². The van der Waals surface area contributed by atoms with Gasteiger partial charge in [-0.25, -0.2) is 9.98 Å². The number of methoxy groups -OCH3 is 1. The van der Waals surface area contributed by atoms with Crippen LogP contribution in [0.3, 0.4) is 0 Å². The number of fused-ring (bicyclic) bond motifs is 1. The standard InChI is InChI=1S/C20H22N8O2/c1-3-4-7-30-14-8-11(5-6-13(14)29-2)17-15-16(23)12(9-21)18(24)27-19(15)28-20(26-17)25-10-22/h5-6,8,17H,3-4,7H2,1-2H3,(H6,23,24,25,26,27,28). The summed E-state index contributed by atoms with van der Waals surface area (Å²) in [6.45, 7) is 2.62. The van der Waals surface area contributed by atoms with Crippen LogP contribution in [0.4, 0.5) is 17.3 Å². The van der Waals surface area contributed by atoms with Crippen LogP contribution in [0.25, 0.3) is 0 Å². The molecule has 0 saturated carbocycles. The van der Waals surface area contributed by atoms with E-state index in [9.17, 15) is 5.26 Å². The maximum atomic E-state index is 9.43. The Kier molecular flexibility index (Phi) is 6.08. The number of aromatic nitrogens is 1. The monoisotopic (exact) mass is 406 g/mol. The van der Waals surface area contributed by atoms with Gasteiger partial charge in [-0.1, -0.05) is 19.4 Å². The zero-order valence-corrected chi connectivity index (χ0v) is 16.7. The molecular formula is C20H22N8O2. The lowest BCUT2D eigenvalue weighted by Gasteiger charge is -2.26. The van der Waals surface area contributed by atoms with Crippen LogP contribution in [0, 0.1) is 22.8 Å². The summed E-state index contributed by atoms with van der Waals surface area (Å²) in [6.07, 6.45) is 3.73. The van der Waals surface area contributed by atoms with Crippen molar-refractivity contribution in [1.82, 2.24) is 10.3 Å². The van der Waals surface area contributed by atoms with E-state index in [1.807, 2.05) is 24.4 Å². The van der Waals surface area contributed by atoms with Crippen molar-refractivity contribution >= 4 is 23.3 Å².